The quantitative estimate of drug-likeness (QED) is 0.644. The van der Waals surface area contributed by atoms with Gasteiger partial charge in [-0.05, 0) is 66.4 Å². The van der Waals surface area contributed by atoms with Gasteiger partial charge in [0.05, 0.1) is 6.61 Å². The number of benzene rings is 1. The van der Waals surface area contributed by atoms with Crippen LogP contribution >= 0.6 is 22.6 Å². The zero-order chi connectivity index (χ0) is 10.2. The van der Waals surface area contributed by atoms with Crippen LogP contribution < -0.4 is 10.1 Å². The number of ether oxygens (including phenoxy) is 1. The molecule has 0 saturated heterocycles. The third-order valence-electron chi connectivity index (χ3n) is 1.83. The minimum atomic E-state index is 0.785. The highest BCUT2D eigenvalue weighted by Gasteiger charge is 1.92. The van der Waals surface area contributed by atoms with E-state index in [0.29, 0.717) is 0 Å². The number of rotatable bonds is 6. The van der Waals surface area contributed by atoms with Gasteiger partial charge < -0.3 is 10.1 Å². The summed E-state index contributed by atoms with van der Waals surface area (Å²) in [6.07, 6.45) is 1.06. The van der Waals surface area contributed by atoms with E-state index in [0.717, 1.165) is 31.9 Å². The van der Waals surface area contributed by atoms with Crippen LogP contribution in [0.5, 0.6) is 5.75 Å². The largest absolute Gasteiger partial charge is 0.494 e. The van der Waals surface area contributed by atoms with Crippen molar-refractivity contribution in [2.24, 2.45) is 0 Å². The Morgan fingerprint density at radius 2 is 2.00 bits per heavy atom. The highest BCUT2D eigenvalue weighted by molar-refractivity contribution is 14.1. The predicted octanol–water partition coefficient (Wildman–Crippen LogP) is 2.67. The van der Waals surface area contributed by atoms with Gasteiger partial charge in [0.2, 0.25) is 0 Å². The van der Waals surface area contributed by atoms with Crippen molar-refractivity contribution in [1.29, 1.82) is 0 Å². The summed E-state index contributed by atoms with van der Waals surface area (Å²) in [7, 11) is 0. The van der Waals surface area contributed by atoms with Gasteiger partial charge in [-0.25, -0.2) is 0 Å². The molecule has 14 heavy (non-hydrogen) atoms. The number of hydrogen-bond acceptors (Lipinski definition) is 2. The van der Waals surface area contributed by atoms with E-state index < -0.39 is 0 Å². The molecule has 0 spiro atoms. The lowest BCUT2D eigenvalue weighted by atomic mass is 10.3. The van der Waals surface area contributed by atoms with Crippen molar-refractivity contribution < 1.29 is 4.74 Å². The molecule has 1 aromatic carbocycles. The van der Waals surface area contributed by atoms with Gasteiger partial charge in [0.1, 0.15) is 5.75 Å². The first-order chi connectivity index (χ1) is 6.83. The maximum absolute atomic E-state index is 5.56. The Morgan fingerprint density at radius 1 is 1.29 bits per heavy atom. The van der Waals surface area contributed by atoms with E-state index in [4.69, 9.17) is 4.74 Å². The molecule has 1 aromatic rings. The third-order valence-corrected chi connectivity index (χ3v) is 2.55. The molecule has 0 saturated carbocycles. The number of nitrogens with one attached hydrogen (secondary N) is 1. The SMILES string of the molecule is CCNCCCOc1ccc(I)cc1. The summed E-state index contributed by atoms with van der Waals surface area (Å²) in [5.41, 5.74) is 0. The van der Waals surface area contributed by atoms with Gasteiger partial charge >= 0.3 is 0 Å². The van der Waals surface area contributed by atoms with Crippen LogP contribution in [0.3, 0.4) is 0 Å². The Hall–Kier alpha value is -0.290. The Balaban J connectivity index is 2.15. The van der Waals surface area contributed by atoms with Gasteiger partial charge in [-0.1, -0.05) is 6.92 Å². The first-order valence-electron chi connectivity index (χ1n) is 4.92. The van der Waals surface area contributed by atoms with Gasteiger partial charge in [0, 0.05) is 3.57 Å². The van der Waals surface area contributed by atoms with Gasteiger partial charge in [0.25, 0.3) is 0 Å². The van der Waals surface area contributed by atoms with Crippen LogP contribution in [0.4, 0.5) is 0 Å². The minimum Gasteiger partial charge on any atom is -0.494 e. The molecule has 0 amide bonds. The van der Waals surface area contributed by atoms with Crippen molar-refractivity contribution in [3.8, 4) is 5.75 Å². The van der Waals surface area contributed by atoms with E-state index in [-0.39, 0.29) is 0 Å². The summed E-state index contributed by atoms with van der Waals surface area (Å²) >= 11 is 2.29. The standard InChI is InChI=1S/C11H16INO/c1-2-13-8-3-9-14-11-6-4-10(12)5-7-11/h4-7,13H,2-3,8-9H2,1H3. The van der Waals surface area contributed by atoms with Crippen LogP contribution in [0.1, 0.15) is 13.3 Å². The van der Waals surface area contributed by atoms with Crippen molar-refractivity contribution in [3.63, 3.8) is 0 Å². The lowest BCUT2D eigenvalue weighted by molar-refractivity contribution is 0.308. The average Bonchev–Trinajstić information content (AvgIpc) is 2.21. The van der Waals surface area contributed by atoms with E-state index in [1.807, 2.05) is 12.1 Å². The summed E-state index contributed by atoms with van der Waals surface area (Å²) in [6, 6.07) is 8.13. The topological polar surface area (TPSA) is 21.3 Å². The zero-order valence-corrected chi connectivity index (χ0v) is 10.6. The molecule has 0 heterocycles. The van der Waals surface area contributed by atoms with Gasteiger partial charge in [0.15, 0.2) is 0 Å². The van der Waals surface area contributed by atoms with Crippen LogP contribution in [0.2, 0.25) is 0 Å². The van der Waals surface area contributed by atoms with Gasteiger partial charge in [-0.2, -0.15) is 0 Å². The number of hydrogen-bond donors (Lipinski definition) is 1. The second kappa shape index (κ2) is 7.06. The fourth-order valence-corrected chi connectivity index (χ4v) is 1.45. The summed E-state index contributed by atoms with van der Waals surface area (Å²) in [5, 5.41) is 3.26. The second-order valence-corrected chi connectivity index (χ2v) is 4.26. The molecule has 0 aliphatic rings. The molecule has 0 unspecified atom stereocenters. The number of halogens is 1. The summed E-state index contributed by atoms with van der Waals surface area (Å²) in [4.78, 5) is 0. The fraction of sp³-hybridized carbons (Fsp3) is 0.455. The Bertz CT molecular complexity index is 248. The molecule has 78 valence electrons. The van der Waals surface area contributed by atoms with Crippen molar-refractivity contribution in [2.45, 2.75) is 13.3 Å². The normalized spacial score (nSPS) is 10.1. The van der Waals surface area contributed by atoms with Gasteiger partial charge in [-0.15, -0.1) is 0 Å². The smallest absolute Gasteiger partial charge is 0.119 e. The van der Waals surface area contributed by atoms with Crippen molar-refractivity contribution in [3.05, 3.63) is 27.8 Å². The first-order valence-corrected chi connectivity index (χ1v) is 6.00. The first kappa shape index (κ1) is 11.8. The van der Waals surface area contributed by atoms with Crippen LogP contribution in [-0.2, 0) is 0 Å². The fourth-order valence-electron chi connectivity index (χ4n) is 1.09. The molecule has 2 nitrogen and oxygen atoms in total. The van der Waals surface area contributed by atoms with Crippen LogP contribution in [0.15, 0.2) is 24.3 Å². The highest BCUT2D eigenvalue weighted by Crippen LogP contribution is 2.13. The summed E-state index contributed by atoms with van der Waals surface area (Å²) in [5.74, 6) is 0.960. The molecule has 3 heteroatoms. The van der Waals surface area contributed by atoms with E-state index in [9.17, 15) is 0 Å². The summed E-state index contributed by atoms with van der Waals surface area (Å²) < 4.78 is 6.80. The molecular formula is C11H16INO. The molecule has 0 atom stereocenters. The molecule has 0 bridgehead atoms. The highest BCUT2D eigenvalue weighted by atomic mass is 127. The molecule has 0 radical (unpaired) electrons. The average molecular weight is 305 g/mol. The monoisotopic (exact) mass is 305 g/mol. The Labute approximate surface area is 99.2 Å². The molecular weight excluding hydrogens is 289 g/mol. The Kier molecular flexibility index (Phi) is 5.94. The molecule has 0 aromatic heterocycles. The van der Waals surface area contributed by atoms with Crippen molar-refractivity contribution in [2.75, 3.05) is 19.7 Å². The molecule has 0 aliphatic carbocycles. The van der Waals surface area contributed by atoms with E-state index in [2.05, 4.69) is 47.0 Å². The molecule has 0 aliphatic heterocycles. The zero-order valence-electron chi connectivity index (χ0n) is 8.42. The Morgan fingerprint density at radius 3 is 2.64 bits per heavy atom. The molecule has 1 rings (SSSR count). The van der Waals surface area contributed by atoms with Crippen LogP contribution in [-0.4, -0.2) is 19.7 Å². The molecule has 0 fully saturated rings. The summed E-state index contributed by atoms with van der Waals surface area (Å²) in [6.45, 7) is 4.96. The van der Waals surface area contributed by atoms with E-state index >= 15 is 0 Å². The van der Waals surface area contributed by atoms with Crippen LogP contribution in [0, 0.1) is 3.57 Å². The predicted molar refractivity (Wildman–Crippen MR) is 67.8 cm³/mol. The third kappa shape index (κ3) is 4.81. The maximum atomic E-state index is 5.56. The van der Waals surface area contributed by atoms with Crippen molar-refractivity contribution in [1.82, 2.24) is 5.32 Å². The van der Waals surface area contributed by atoms with E-state index in [1.165, 1.54) is 3.57 Å². The van der Waals surface area contributed by atoms with Crippen LogP contribution in [0.25, 0.3) is 0 Å². The second-order valence-electron chi connectivity index (χ2n) is 3.01. The van der Waals surface area contributed by atoms with E-state index in [1.54, 1.807) is 0 Å². The molecule has 1 N–H and O–H groups in total. The van der Waals surface area contributed by atoms with Crippen molar-refractivity contribution >= 4 is 22.6 Å². The lowest BCUT2D eigenvalue weighted by Gasteiger charge is -2.06. The van der Waals surface area contributed by atoms with Gasteiger partial charge in [-0.3, -0.25) is 0 Å². The maximum Gasteiger partial charge on any atom is 0.119 e. The minimum absolute atomic E-state index is 0.785. The lowest BCUT2D eigenvalue weighted by Crippen LogP contribution is -2.16.